The van der Waals surface area contributed by atoms with Gasteiger partial charge >= 0.3 is 0 Å². The number of rotatable bonds is 2. The number of hydrogen-bond acceptors (Lipinski definition) is 3. The van der Waals surface area contributed by atoms with Crippen LogP contribution in [0.25, 0.3) is 0 Å². The van der Waals surface area contributed by atoms with E-state index < -0.39 is 0 Å². The highest BCUT2D eigenvalue weighted by molar-refractivity contribution is 6.39. The maximum Gasteiger partial charge on any atom is 0.196 e. The SMILES string of the molecule is Clc1cccc(Cl)c1NC1=NCC(c2ccccc2)N1. The van der Waals surface area contributed by atoms with Crippen molar-refractivity contribution in [3.8, 4) is 0 Å². The first-order chi connectivity index (χ1) is 9.74. The van der Waals surface area contributed by atoms with Gasteiger partial charge in [-0.2, -0.15) is 0 Å². The first kappa shape index (κ1) is 13.3. The van der Waals surface area contributed by atoms with Gasteiger partial charge in [-0.25, -0.2) is 0 Å². The second kappa shape index (κ2) is 5.73. The van der Waals surface area contributed by atoms with E-state index in [0.717, 1.165) is 0 Å². The average molecular weight is 306 g/mol. The van der Waals surface area contributed by atoms with Crippen molar-refractivity contribution in [2.45, 2.75) is 6.04 Å². The molecule has 2 aromatic rings. The molecule has 0 radical (unpaired) electrons. The van der Waals surface area contributed by atoms with Gasteiger partial charge in [0.25, 0.3) is 0 Å². The van der Waals surface area contributed by atoms with E-state index >= 15 is 0 Å². The number of halogens is 2. The number of nitrogens with zero attached hydrogens (tertiary/aromatic N) is 1. The van der Waals surface area contributed by atoms with Crippen LogP contribution in [0.15, 0.2) is 53.5 Å². The summed E-state index contributed by atoms with van der Waals surface area (Å²) in [6.45, 7) is 0.689. The molecular weight excluding hydrogens is 293 g/mol. The topological polar surface area (TPSA) is 36.4 Å². The molecule has 1 atom stereocenters. The Morgan fingerprint density at radius 3 is 2.40 bits per heavy atom. The number of benzene rings is 2. The molecule has 0 amide bonds. The molecule has 20 heavy (non-hydrogen) atoms. The molecule has 3 rings (SSSR count). The predicted octanol–water partition coefficient (Wildman–Crippen LogP) is 4.11. The van der Waals surface area contributed by atoms with E-state index in [0.29, 0.717) is 28.2 Å². The van der Waals surface area contributed by atoms with E-state index in [-0.39, 0.29) is 6.04 Å². The largest absolute Gasteiger partial charge is 0.347 e. The summed E-state index contributed by atoms with van der Waals surface area (Å²) in [5.74, 6) is 0.689. The summed E-state index contributed by atoms with van der Waals surface area (Å²) in [6, 6.07) is 15.8. The number of aliphatic imine (C=N–C) groups is 1. The second-order valence-corrected chi connectivity index (χ2v) is 5.33. The van der Waals surface area contributed by atoms with Crippen molar-refractivity contribution < 1.29 is 0 Å². The molecule has 1 unspecified atom stereocenters. The minimum absolute atomic E-state index is 0.181. The molecule has 0 saturated heterocycles. The fourth-order valence-electron chi connectivity index (χ4n) is 2.12. The molecule has 3 nitrogen and oxygen atoms in total. The number of anilines is 1. The first-order valence-electron chi connectivity index (χ1n) is 6.31. The monoisotopic (exact) mass is 305 g/mol. The van der Waals surface area contributed by atoms with Crippen molar-refractivity contribution in [2.75, 3.05) is 11.9 Å². The normalized spacial score (nSPS) is 17.5. The molecule has 2 aromatic carbocycles. The second-order valence-electron chi connectivity index (χ2n) is 4.52. The zero-order valence-electron chi connectivity index (χ0n) is 10.6. The summed E-state index contributed by atoms with van der Waals surface area (Å²) < 4.78 is 0. The van der Waals surface area contributed by atoms with Crippen LogP contribution < -0.4 is 10.6 Å². The lowest BCUT2D eigenvalue weighted by atomic mass is 10.1. The maximum absolute atomic E-state index is 6.13. The molecule has 0 fully saturated rings. The number of guanidine groups is 1. The Bertz CT molecular complexity index is 621. The Morgan fingerprint density at radius 1 is 1.00 bits per heavy atom. The van der Waals surface area contributed by atoms with Gasteiger partial charge in [0, 0.05) is 0 Å². The van der Waals surface area contributed by atoms with E-state index in [2.05, 4.69) is 27.8 Å². The number of para-hydroxylation sites is 1. The van der Waals surface area contributed by atoms with E-state index in [9.17, 15) is 0 Å². The molecule has 0 aromatic heterocycles. The zero-order valence-corrected chi connectivity index (χ0v) is 12.1. The molecule has 1 aliphatic rings. The molecule has 1 aliphatic heterocycles. The van der Waals surface area contributed by atoms with Crippen LogP contribution in [0, 0.1) is 0 Å². The Kier molecular flexibility index (Phi) is 3.81. The first-order valence-corrected chi connectivity index (χ1v) is 7.06. The lowest BCUT2D eigenvalue weighted by Crippen LogP contribution is -2.29. The minimum atomic E-state index is 0.181. The summed E-state index contributed by atoms with van der Waals surface area (Å²) in [5.41, 5.74) is 1.88. The fourth-order valence-corrected chi connectivity index (χ4v) is 2.62. The number of hydrogen-bond donors (Lipinski definition) is 2. The van der Waals surface area contributed by atoms with Crippen molar-refractivity contribution in [1.82, 2.24) is 5.32 Å². The lowest BCUT2D eigenvalue weighted by molar-refractivity contribution is 0.709. The summed E-state index contributed by atoms with van der Waals surface area (Å²) in [5, 5.41) is 7.63. The Morgan fingerprint density at radius 2 is 1.70 bits per heavy atom. The van der Waals surface area contributed by atoms with E-state index in [4.69, 9.17) is 23.2 Å². The van der Waals surface area contributed by atoms with Crippen LogP contribution in [0.1, 0.15) is 11.6 Å². The summed E-state index contributed by atoms with van der Waals surface area (Å²) in [4.78, 5) is 4.45. The molecule has 1 heterocycles. The Hall–Kier alpha value is -1.71. The minimum Gasteiger partial charge on any atom is -0.347 e. The summed E-state index contributed by atoms with van der Waals surface area (Å²) in [6.07, 6.45) is 0. The summed E-state index contributed by atoms with van der Waals surface area (Å²) in [7, 11) is 0. The van der Waals surface area contributed by atoms with Crippen LogP contribution in [-0.2, 0) is 0 Å². The Balaban J connectivity index is 1.72. The van der Waals surface area contributed by atoms with Crippen LogP contribution in [0.3, 0.4) is 0 Å². The van der Waals surface area contributed by atoms with Gasteiger partial charge in [-0.15, -0.1) is 0 Å². The van der Waals surface area contributed by atoms with Crippen molar-refractivity contribution in [2.24, 2.45) is 4.99 Å². The third-order valence-electron chi connectivity index (χ3n) is 3.15. The van der Waals surface area contributed by atoms with Crippen LogP contribution in [-0.4, -0.2) is 12.5 Å². The maximum atomic E-state index is 6.13. The molecule has 0 saturated carbocycles. The van der Waals surface area contributed by atoms with E-state index in [1.807, 2.05) is 24.3 Å². The van der Waals surface area contributed by atoms with Gasteiger partial charge in [0.2, 0.25) is 0 Å². The highest BCUT2D eigenvalue weighted by Crippen LogP contribution is 2.30. The highest BCUT2D eigenvalue weighted by Gasteiger charge is 2.20. The van der Waals surface area contributed by atoms with Crippen LogP contribution in [0.5, 0.6) is 0 Å². The molecule has 102 valence electrons. The van der Waals surface area contributed by atoms with Crippen LogP contribution in [0.4, 0.5) is 5.69 Å². The molecule has 0 aliphatic carbocycles. The van der Waals surface area contributed by atoms with Crippen molar-refractivity contribution in [3.63, 3.8) is 0 Å². The summed E-state index contributed by atoms with van der Waals surface area (Å²) >= 11 is 12.3. The molecular formula is C15H13Cl2N3. The smallest absolute Gasteiger partial charge is 0.196 e. The zero-order chi connectivity index (χ0) is 13.9. The number of nitrogens with one attached hydrogen (secondary N) is 2. The van der Waals surface area contributed by atoms with Crippen LogP contribution >= 0.6 is 23.2 Å². The molecule has 5 heteroatoms. The van der Waals surface area contributed by atoms with Gasteiger partial charge in [-0.1, -0.05) is 59.6 Å². The van der Waals surface area contributed by atoms with Crippen LogP contribution in [0.2, 0.25) is 10.0 Å². The van der Waals surface area contributed by atoms with Crippen molar-refractivity contribution in [3.05, 3.63) is 64.1 Å². The van der Waals surface area contributed by atoms with Gasteiger partial charge in [0.05, 0.1) is 28.3 Å². The standard InChI is InChI=1S/C15H13Cl2N3/c16-11-7-4-8-12(17)14(11)20-15-18-9-13(19-15)10-5-2-1-3-6-10/h1-8,13H,9H2,(H2,18,19,20). The highest BCUT2D eigenvalue weighted by atomic mass is 35.5. The quantitative estimate of drug-likeness (QED) is 0.876. The molecule has 2 N–H and O–H groups in total. The van der Waals surface area contributed by atoms with Gasteiger partial charge < -0.3 is 10.6 Å². The lowest BCUT2D eigenvalue weighted by Gasteiger charge is -2.14. The Labute approximate surface area is 127 Å². The van der Waals surface area contributed by atoms with Gasteiger partial charge in [-0.05, 0) is 17.7 Å². The van der Waals surface area contributed by atoms with Crippen molar-refractivity contribution >= 4 is 34.8 Å². The predicted molar refractivity (Wildman–Crippen MR) is 84.7 cm³/mol. The molecule has 0 bridgehead atoms. The van der Waals surface area contributed by atoms with Crippen molar-refractivity contribution in [1.29, 1.82) is 0 Å². The van der Waals surface area contributed by atoms with Gasteiger partial charge in [-0.3, -0.25) is 4.99 Å². The van der Waals surface area contributed by atoms with E-state index in [1.165, 1.54) is 5.56 Å². The molecule has 0 spiro atoms. The third kappa shape index (κ3) is 2.74. The van der Waals surface area contributed by atoms with Gasteiger partial charge in [0.1, 0.15) is 0 Å². The van der Waals surface area contributed by atoms with E-state index in [1.54, 1.807) is 12.1 Å². The fraction of sp³-hybridized carbons (Fsp3) is 0.133. The average Bonchev–Trinajstić information content (AvgIpc) is 2.93. The van der Waals surface area contributed by atoms with Gasteiger partial charge in [0.15, 0.2) is 5.96 Å². The third-order valence-corrected chi connectivity index (χ3v) is 3.78.